The number of imide groups is 1. The summed E-state index contributed by atoms with van der Waals surface area (Å²) in [4.78, 5) is 56.9. The second-order valence-corrected chi connectivity index (χ2v) is 19.2. The lowest BCUT2D eigenvalue weighted by molar-refractivity contribution is -0.121. The lowest BCUT2D eigenvalue weighted by Crippen LogP contribution is -2.49. The summed E-state index contributed by atoms with van der Waals surface area (Å²) < 4.78 is 3.97. The Morgan fingerprint density at radius 3 is 2.45 bits per heavy atom. The summed E-state index contributed by atoms with van der Waals surface area (Å²) in [6.07, 6.45) is 15.5. The van der Waals surface area contributed by atoms with Crippen LogP contribution in [0.5, 0.6) is 0 Å². The number of hydrogen-bond donors (Lipinski definition) is 3. The summed E-state index contributed by atoms with van der Waals surface area (Å²) in [7, 11) is 0. The van der Waals surface area contributed by atoms with Crippen molar-refractivity contribution in [1.82, 2.24) is 65.1 Å². The Hall–Kier alpha value is -6.00. The van der Waals surface area contributed by atoms with Crippen molar-refractivity contribution in [3.63, 3.8) is 0 Å². The molecule has 2 atom stereocenters. The molecule has 4 amide bonds. The van der Waals surface area contributed by atoms with Crippen LogP contribution in [0.1, 0.15) is 111 Å². The number of benzene rings is 1. The highest BCUT2D eigenvalue weighted by atomic mass is 16.2. The number of carbonyl (C=O) groups excluding carboxylic acids is 3. The number of nitrogens with one attached hydrogen (secondary N) is 3. The van der Waals surface area contributed by atoms with Gasteiger partial charge >= 0.3 is 6.03 Å². The first-order valence-electron chi connectivity index (χ1n) is 22.9. The van der Waals surface area contributed by atoms with E-state index in [1.807, 2.05) is 27.7 Å². The van der Waals surface area contributed by atoms with Gasteiger partial charge in [0.1, 0.15) is 12.0 Å². The van der Waals surface area contributed by atoms with E-state index < -0.39 is 0 Å². The molecule has 0 saturated carbocycles. The van der Waals surface area contributed by atoms with Gasteiger partial charge < -0.3 is 15.2 Å². The van der Waals surface area contributed by atoms with Crippen molar-refractivity contribution >= 4 is 28.9 Å². The molecule has 16 heteroatoms. The maximum absolute atomic E-state index is 13.1. The predicted molar refractivity (Wildman–Crippen MR) is 245 cm³/mol. The molecule has 1 aromatic carbocycles. The van der Waals surface area contributed by atoms with Gasteiger partial charge in [-0.05, 0) is 129 Å². The number of allylic oxidation sites excluding steroid dienone is 1. The number of aryl methyl sites for hydroxylation is 2. The number of carbonyl (C=O) groups is 3. The van der Waals surface area contributed by atoms with E-state index in [4.69, 9.17) is 10.1 Å². The molecule has 3 N–H and O–H groups in total. The molecular formula is C48H61N13O3. The first-order valence-corrected chi connectivity index (χ1v) is 22.9. The second kappa shape index (κ2) is 17.5. The number of aromatic nitrogens is 8. The summed E-state index contributed by atoms with van der Waals surface area (Å²) in [5.74, 6) is 0.233. The standard InChI is InChI=1S/C48H61N13O3/c1-29-24-34(8-13-38(29)30(2)51-46(63)41-27-60(56-54-41)48(5,6)7)44-39-25-40(52-45(39)50-28-49-44)43-31(3)55-61(32(43)4)37-16-19-57(20-17-37)26-33-14-21-58(22-15-33)35-9-11-36(12-10-35)59-23-18-42(62)53-47(59)64/h8-9,11-13,24-25,27-28,30,33,35,37H,10,14-23,26H2,1-7H3,(H,51,63)(H,49,50,52)(H,53,62,64)/t30-,35?/m1/s1. The van der Waals surface area contributed by atoms with Crippen molar-refractivity contribution in [3.8, 4) is 22.5 Å². The number of fused-ring (bicyclic) bond motifs is 1. The maximum Gasteiger partial charge on any atom is 0.328 e. The summed E-state index contributed by atoms with van der Waals surface area (Å²) in [5, 5.41) is 19.8. The molecule has 3 saturated heterocycles. The number of urea groups is 1. The Kier molecular flexibility index (Phi) is 11.8. The van der Waals surface area contributed by atoms with Crippen LogP contribution in [0.15, 0.2) is 60.7 Å². The molecule has 16 nitrogen and oxygen atoms in total. The second-order valence-electron chi connectivity index (χ2n) is 19.2. The predicted octanol–water partition coefficient (Wildman–Crippen LogP) is 6.75. The number of hydrogen-bond acceptors (Lipinski definition) is 10. The van der Waals surface area contributed by atoms with Crippen LogP contribution in [-0.4, -0.2) is 118 Å². The van der Waals surface area contributed by atoms with Crippen LogP contribution in [0, 0.1) is 26.7 Å². The summed E-state index contributed by atoms with van der Waals surface area (Å²) in [5.41, 5.74) is 9.85. The molecule has 0 bridgehead atoms. The van der Waals surface area contributed by atoms with Gasteiger partial charge in [-0.2, -0.15) is 5.10 Å². The van der Waals surface area contributed by atoms with Crippen LogP contribution < -0.4 is 10.6 Å². The SMILES string of the molecule is Cc1cc(-c2ncnc3[nH]c(-c4c(C)nn(C5CCN(CC6CCN(C7C=CC(N8CCC(=O)NC8=O)=CC7)CC6)CC5)c4C)cc23)ccc1[C@@H](C)NC(=O)c1cn(C(C)(C)C)nn1. The molecule has 0 radical (unpaired) electrons. The number of rotatable bonds is 10. The number of nitrogens with zero attached hydrogens (tertiary/aromatic N) is 10. The molecule has 0 spiro atoms. The zero-order valence-corrected chi connectivity index (χ0v) is 38.2. The van der Waals surface area contributed by atoms with E-state index in [0.717, 1.165) is 114 Å². The largest absolute Gasteiger partial charge is 0.344 e. The van der Waals surface area contributed by atoms with Gasteiger partial charge in [-0.15, -0.1) is 5.10 Å². The molecule has 5 aromatic rings. The van der Waals surface area contributed by atoms with E-state index in [2.05, 4.69) is 109 Å². The Balaban J connectivity index is 0.796. The van der Waals surface area contributed by atoms with E-state index in [1.165, 1.54) is 12.8 Å². The minimum atomic E-state index is -0.321. The van der Waals surface area contributed by atoms with Gasteiger partial charge in [-0.25, -0.2) is 19.4 Å². The van der Waals surface area contributed by atoms with Gasteiger partial charge in [-0.3, -0.25) is 29.4 Å². The Morgan fingerprint density at radius 1 is 0.984 bits per heavy atom. The first kappa shape index (κ1) is 43.3. The third kappa shape index (κ3) is 8.77. The van der Waals surface area contributed by atoms with Gasteiger partial charge in [0.2, 0.25) is 5.91 Å². The smallest absolute Gasteiger partial charge is 0.328 e. The number of piperidine rings is 2. The highest BCUT2D eigenvalue weighted by Crippen LogP contribution is 2.36. The van der Waals surface area contributed by atoms with Gasteiger partial charge in [0, 0.05) is 66.5 Å². The van der Waals surface area contributed by atoms with Gasteiger partial charge in [0.15, 0.2) is 5.69 Å². The molecule has 4 aromatic heterocycles. The molecule has 1 unspecified atom stereocenters. The fraction of sp³-hybridized carbons (Fsp3) is 0.500. The zero-order valence-electron chi connectivity index (χ0n) is 38.2. The normalized spacial score (nSPS) is 20.2. The van der Waals surface area contributed by atoms with Crippen molar-refractivity contribution in [1.29, 1.82) is 0 Å². The van der Waals surface area contributed by atoms with Crippen LogP contribution >= 0.6 is 0 Å². The average molecular weight is 868 g/mol. The molecule has 336 valence electrons. The van der Waals surface area contributed by atoms with Crippen LogP contribution in [0.3, 0.4) is 0 Å². The lowest BCUT2D eigenvalue weighted by atomic mass is 9.92. The van der Waals surface area contributed by atoms with Crippen molar-refractivity contribution in [2.75, 3.05) is 39.3 Å². The fourth-order valence-corrected chi connectivity index (χ4v) is 10.1. The number of aromatic amines is 1. The highest BCUT2D eigenvalue weighted by molar-refractivity contribution is 5.98. The molecule has 3 fully saturated rings. The van der Waals surface area contributed by atoms with Gasteiger partial charge in [-0.1, -0.05) is 29.5 Å². The van der Waals surface area contributed by atoms with E-state index in [9.17, 15) is 14.4 Å². The Morgan fingerprint density at radius 2 is 1.77 bits per heavy atom. The van der Waals surface area contributed by atoms with Gasteiger partial charge in [0.25, 0.3) is 5.91 Å². The van der Waals surface area contributed by atoms with Gasteiger partial charge in [0.05, 0.1) is 40.9 Å². The Labute approximate surface area is 374 Å². The quantitative estimate of drug-likeness (QED) is 0.136. The van der Waals surface area contributed by atoms with Crippen LogP contribution in [0.4, 0.5) is 4.79 Å². The minimum absolute atomic E-state index is 0.203. The van der Waals surface area contributed by atoms with E-state index >= 15 is 0 Å². The van der Waals surface area contributed by atoms with E-state index in [1.54, 1.807) is 22.1 Å². The molecule has 64 heavy (non-hydrogen) atoms. The minimum Gasteiger partial charge on any atom is -0.344 e. The Bertz CT molecular complexity index is 2630. The third-order valence-electron chi connectivity index (χ3n) is 13.8. The highest BCUT2D eigenvalue weighted by Gasteiger charge is 2.31. The van der Waals surface area contributed by atoms with Crippen molar-refractivity contribution in [2.45, 2.75) is 111 Å². The molecule has 3 aliphatic heterocycles. The van der Waals surface area contributed by atoms with E-state index in [0.29, 0.717) is 36.7 Å². The zero-order chi connectivity index (χ0) is 44.9. The van der Waals surface area contributed by atoms with Crippen molar-refractivity contribution < 1.29 is 14.4 Å². The third-order valence-corrected chi connectivity index (χ3v) is 13.8. The molecule has 9 rings (SSSR count). The van der Waals surface area contributed by atoms with Crippen LogP contribution in [0.25, 0.3) is 33.5 Å². The lowest BCUT2D eigenvalue weighted by Gasteiger charge is -2.40. The topological polar surface area (TPSA) is 175 Å². The number of likely N-dealkylation sites (tertiary alicyclic amines) is 2. The summed E-state index contributed by atoms with van der Waals surface area (Å²) >= 11 is 0. The average Bonchev–Trinajstić information content (AvgIpc) is 4.02. The summed E-state index contributed by atoms with van der Waals surface area (Å²) in [6.45, 7) is 20.3. The molecule has 1 aliphatic carbocycles. The number of amides is 4. The fourth-order valence-electron chi connectivity index (χ4n) is 10.1. The molecule has 7 heterocycles. The molecule has 4 aliphatic rings. The van der Waals surface area contributed by atoms with Crippen molar-refractivity contribution in [2.24, 2.45) is 5.92 Å². The maximum atomic E-state index is 13.1. The van der Waals surface area contributed by atoms with Crippen LogP contribution in [-0.2, 0) is 10.3 Å². The van der Waals surface area contributed by atoms with E-state index in [-0.39, 0.29) is 29.4 Å². The summed E-state index contributed by atoms with van der Waals surface area (Å²) in [6, 6.07) is 8.56. The molecular weight excluding hydrogens is 807 g/mol. The van der Waals surface area contributed by atoms with Crippen molar-refractivity contribution in [3.05, 3.63) is 88.9 Å². The monoisotopic (exact) mass is 868 g/mol. The number of H-pyrrole nitrogens is 1. The first-order chi connectivity index (χ1) is 30.7. The van der Waals surface area contributed by atoms with Crippen LogP contribution in [0.2, 0.25) is 0 Å².